The van der Waals surface area contributed by atoms with Crippen LogP contribution >= 0.6 is 15.9 Å². The van der Waals surface area contributed by atoms with E-state index in [1.807, 2.05) is 30.3 Å². The molecule has 2 aromatic carbocycles. The molecule has 0 aromatic heterocycles. The number of methoxy groups -OCH3 is 1. The fraction of sp³-hybridized carbons (Fsp3) is 0.188. The van der Waals surface area contributed by atoms with E-state index in [-0.39, 0.29) is 0 Å². The van der Waals surface area contributed by atoms with Gasteiger partial charge in [0.15, 0.2) is 11.5 Å². The quantitative estimate of drug-likeness (QED) is 0.351. The summed E-state index contributed by atoms with van der Waals surface area (Å²) in [5.74, 6) is 1.83. The second-order valence-electron chi connectivity index (χ2n) is 4.28. The Labute approximate surface area is 137 Å². The lowest BCUT2D eigenvalue weighted by Gasteiger charge is -2.14. The number of oxime groups is 1. The first kappa shape index (κ1) is 16.2. The van der Waals surface area contributed by atoms with Gasteiger partial charge in [-0.25, -0.2) is 0 Å². The molecule has 0 fully saturated rings. The molecule has 0 unspecified atom stereocenters. The van der Waals surface area contributed by atoms with E-state index in [0.717, 1.165) is 10.2 Å². The minimum Gasteiger partial charge on any atom is -0.493 e. The van der Waals surface area contributed by atoms with Crippen LogP contribution in [0.25, 0.3) is 0 Å². The number of ether oxygens (including phenoxy) is 3. The highest BCUT2D eigenvalue weighted by Gasteiger charge is 2.11. The van der Waals surface area contributed by atoms with Gasteiger partial charge in [0.2, 0.25) is 0 Å². The van der Waals surface area contributed by atoms with E-state index in [0.29, 0.717) is 30.3 Å². The van der Waals surface area contributed by atoms with Crippen molar-refractivity contribution in [3.63, 3.8) is 0 Å². The van der Waals surface area contributed by atoms with Gasteiger partial charge in [-0.3, -0.25) is 0 Å². The van der Waals surface area contributed by atoms with Gasteiger partial charge >= 0.3 is 0 Å². The van der Waals surface area contributed by atoms with Crippen LogP contribution in [0, 0.1) is 0 Å². The van der Waals surface area contributed by atoms with Gasteiger partial charge in [0.05, 0.1) is 13.3 Å². The normalized spacial score (nSPS) is 10.6. The fourth-order valence-corrected chi connectivity index (χ4v) is 2.33. The summed E-state index contributed by atoms with van der Waals surface area (Å²) in [6.07, 6.45) is 1.29. The first-order valence-corrected chi connectivity index (χ1v) is 7.39. The van der Waals surface area contributed by atoms with Crippen molar-refractivity contribution >= 4 is 22.1 Å². The van der Waals surface area contributed by atoms with Crippen LogP contribution in [0.4, 0.5) is 0 Å². The van der Waals surface area contributed by atoms with Crippen molar-refractivity contribution in [2.45, 2.75) is 0 Å². The van der Waals surface area contributed by atoms with Gasteiger partial charge in [-0.15, -0.1) is 0 Å². The molecule has 2 rings (SSSR count). The minimum absolute atomic E-state index is 0.332. The molecule has 0 saturated carbocycles. The Morgan fingerprint density at radius 1 is 1.14 bits per heavy atom. The van der Waals surface area contributed by atoms with Crippen molar-refractivity contribution in [2.75, 3.05) is 20.3 Å². The van der Waals surface area contributed by atoms with E-state index < -0.39 is 0 Å². The Morgan fingerprint density at radius 3 is 2.55 bits per heavy atom. The number of hydrogen-bond acceptors (Lipinski definition) is 5. The zero-order chi connectivity index (χ0) is 15.8. The summed E-state index contributed by atoms with van der Waals surface area (Å²) in [5.41, 5.74) is 0.605. The average molecular weight is 366 g/mol. The molecule has 0 radical (unpaired) electrons. The first-order chi connectivity index (χ1) is 10.7. The Hall–Kier alpha value is -2.21. The standard InChI is InChI=1S/C16H16BrNO4/c1-20-15-10-13(17)9-12(11-18-19)16(15)22-8-7-21-14-5-3-2-4-6-14/h2-6,9-11,19H,7-8H2,1H3. The third-order valence-electron chi connectivity index (χ3n) is 2.81. The zero-order valence-corrected chi connectivity index (χ0v) is 13.6. The minimum atomic E-state index is 0.332. The molecule has 0 amide bonds. The van der Waals surface area contributed by atoms with Crippen LogP contribution in [-0.4, -0.2) is 31.7 Å². The number of benzene rings is 2. The van der Waals surface area contributed by atoms with Gasteiger partial charge < -0.3 is 19.4 Å². The van der Waals surface area contributed by atoms with E-state index in [1.165, 1.54) is 6.21 Å². The second-order valence-corrected chi connectivity index (χ2v) is 5.20. The molecular formula is C16H16BrNO4. The SMILES string of the molecule is COc1cc(Br)cc(C=NO)c1OCCOc1ccccc1. The van der Waals surface area contributed by atoms with Crippen LogP contribution in [0.2, 0.25) is 0 Å². The van der Waals surface area contributed by atoms with E-state index in [1.54, 1.807) is 19.2 Å². The molecule has 0 heterocycles. The highest BCUT2D eigenvalue weighted by Crippen LogP contribution is 2.34. The molecule has 0 spiro atoms. The summed E-state index contributed by atoms with van der Waals surface area (Å²) >= 11 is 3.37. The lowest BCUT2D eigenvalue weighted by Crippen LogP contribution is -2.10. The maximum atomic E-state index is 8.75. The number of hydrogen-bond donors (Lipinski definition) is 1. The van der Waals surface area contributed by atoms with Crippen molar-refractivity contribution in [1.29, 1.82) is 0 Å². The lowest BCUT2D eigenvalue weighted by atomic mass is 10.2. The smallest absolute Gasteiger partial charge is 0.170 e. The molecule has 116 valence electrons. The van der Waals surface area contributed by atoms with Gasteiger partial charge in [0, 0.05) is 10.0 Å². The zero-order valence-electron chi connectivity index (χ0n) is 12.0. The molecule has 0 aliphatic heterocycles. The third-order valence-corrected chi connectivity index (χ3v) is 3.26. The van der Waals surface area contributed by atoms with Crippen LogP contribution in [0.1, 0.15) is 5.56 Å². The summed E-state index contributed by atoms with van der Waals surface area (Å²) in [6, 6.07) is 13.1. The Morgan fingerprint density at radius 2 is 1.86 bits per heavy atom. The van der Waals surface area contributed by atoms with Crippen molar-refractivity contribution < 1.29 is 19.4 Å². The van der Waals surface area contributed by atoms with Crippen LogP contribution < -0.4 is 14.2 Å². The predicted octanol–water partition coefficient (Wildman–Crippen LogP) is 3.72. The van der Waals surface area contributed by atoms with Crippen molar-refractivity contribution in [3.8, 4) is 17.2 Å². The molecule has 0 aliphatic carbocycles. The monoisotopic (exact) mass is 365 g/mol. The molecule has 6 heteroatoms. The van der Waals surface area contributed by atoms with Gasteiger partial charge in [-0.05, 0) is 24.3 Å². The molecule has 2 aromatic rings. The molecule has 0 aliphatic rings. The largest absolute Gasteiger partial charge is 0.493 e. The highest BCUT2D eigenvalue weighted by molar-refractivity contribution is 9.10. The van der Waals surface area contributed by atoms with Gasteiger partial charge in [0.1, 0.15) is 19.0 Å². The molecule has 0 saturated heterocycles. The highest BCUT2D eigenvalue weighted by atomic mass is 79.9. The second kappa shape index (κ2) is 8.29. The van der Waals surface area contributed by atoms with E-state index in [9.17, 15) is 0 Å². The third kappa shape index (κ3) is 4.39. The molecular weight excluding hydrogens is 350 g/mol. The number of rotatable bonds is 7. The number of para-hydroxylation sites is 1. The van der Waals surface area contributed by atoms with Crippen molar-refractivity contribution in [2.24, 2.45) is 5.16 Å². The maximum absolute atomic E-state index is 8.75. The van der Waals surface area contributed by atoms with Crippen LogP contribution in [0.3, 0.4) is 0 Å². The predicted molar refractivity (Wildman–Crippen MR) is 87.5 cm³/mol. The van der Waals surface area contributed by atoms with E-state index in [2.05, 4.69) is 21.1 Å². The number of nitrogens with zero attached hydrogens (tertiary/aromatic N) is 1. The summed E-state index contributed by atoms with van der Waals surface area (Å²) in [7, 11) is 1.55. The average Bonchev–Trinajstić information content (AvgIpc) is 2.54. The molecule has 5 nitrogen and oxygen atoms in total. The first-order valence-electron chi connectivity index (χ1n) is 6.60. The van der Waals surface area contributed by atoms with Gasteiger partial charge in [-0.2, -0.15) is 0 Å². The molecule has 0 atom stereocenters. The van der Waals surface area contributed by atoms with E-state index in [4.69, 9.17) is 19.4 Å². The summed E-state index contributed by atoms with van der Waals surface area (Å²) < 4.78 is 17.4. The Balaban J connectivity index is 2.02. The van der Waals surface area contributed by atoms with E-state index >= 15 is 0 Å². The van der Waals surface area contributed by atoms with Gasteiger partial charge in [0.25, 0.3) is 0 Å². The van der Waals surface area contributed by atoms with Crippen molar-refractivity contribution in [3.05, 3.63) is 52.5 Å². The van der Waals surface area contributed by atoms with Crippen LogP contribution in [0.15, 0.2) is 52.1 Å². The van der Waals surface area contributed by atoms with Crippen molar-refractivity contribution in [1.82, 2.24) is 0 Å². The lowest BCUT2D eigenvalue weighted by molar-refractivity contribution is 0.211. The number of halogens is 1. The van der Waals surface area contributed by atoms with Crippen LogP contribution in [0.5, 0.6) is 17.2 Å². The van der Waals surface area contributed by atoms with Gasteiger partial charge in [-0.1, -0.05) is 39.3 Å². The Bertz CT molecular complexity index is 632. The Kier molecular flexibility index (Phi) is 6.09. The summed E-state index contributed by atoms with van der Waals surface area (Å²) in [4.78, 5) is 0. The summed E-state index contributed by atoms with van der Waals surface area (Å²) in [5, 5.41) is 11.8. The summed E-state index contributed by atoms with van der Waals surface area (Å²) in [6.45, 7) is 0.720. The molecule has 0 bridgehead atoms. The van der Waals surface area contributed by atoms with Crippen LogP contribution in [-0.2, 0) is 0 Å². The molecule has 22 heavy (non-hydrogen) atoms. The topological polar surface area (TPSA) is 60.3 Å². The fourth-order valence-electron chi connectivity index (χ4n) is 1.87. The maximum Gasteiger partial charge on any atom is 0.170 e. The molecule has 1 N–H and O–H groups in total.